The van der Waals surface area contributed by atoms with Crippen molar-refractivity contribution in [2.24, 2.45) is 10.2 Å². The van der Waals surface area contributed by atoms with E-state index < -0.39 is 10.2 Å². The number of hydrogen-bond acceptors (Lipinski definition) is 6. The van der Waals surface area contributed by atoms with Crippen molar-refractivity contribution in [3.63, 3.8) is 0 Å². The van der Waals surface area contributed by atoms with Crippen LogP contribution in [0.15, 0.2) is 52.7 Å². The van der Waals surface area contributed by atoms with Crippen LogP contribution in [0.2, 0.25) is 10.0 Å². The third kappa shape index (κ3) is 4.85. The monoisotopic (exact) mass is 422 g/mol. The van der Waals surface area contributed by atoms with Gasteiger partial charge in [-0.25, -0.2) is 0 Å². The first-order valence-corrected chi connectivity index (χ1v) is 9.33. The number of amidine groups is 1. The van der Waals surface area contributed by atoms with Crippen LogP contribution in [0.3, 0.4) is 0 Å². The molecule has 0 aromatic heterocycles. The number of carbonyl (C=O) groups excluding carboxylic acids is 1. The summed E-state index contributed by atoms with van der Waals surface area (Å²) < 4.78 is 0. The highest BCUT2D eigenvalue weighted by molar-refractivity contribution is 8.15. The van der Waals surface area contributed by atoms with Crippen molar-refractivity contribution in [1.29, 1.82) is 0 Å². The van der Waals surface area contributed by atoms with Gasteiger partial charge in [0.2, 0.25) is 5.91 Å². The summed E-state index contributed by atoms with van der Waals surface area (Å²) in [5.41, 5.74) is 1.27. The summed E-state index contributed by atoms with van der Waals surface area (Å²) in [4.78, 5) is 22.4. The topological polar surface area (TPSA) is 97.0 Å². The Bertz CT molecular complexity index is 965. The van der Waals surface area contributed by atoms with Crippen LogP contribution in [-0.4, -0.2) is 27.5 Å². The standard InChI is InChI=1S/C17H12Cl2N4O3S/c18-13-6-2-4-11(15(13)19)8-14-16(24)21-17(27-14)22-20-9-10-3-1-5-12(7-10)23(25)26/h1-7,9,14H,8H2,(H,21,22,24)/b20-9-/t14-/m0/s1. The van der Waals surface area contributed by atoms with Gasteiger partial charge in [-0.2, -0.15) is 5.10 Å². The number of non-ortho nitro benzene ring substituents is 1. The smallest absolute Gasteiger partial charge is 0.270 e. The van der Waals surface area contributed by atoms with E-state index >= 15 is 0 Å². The first-order chi connectivity index (χ1) is 12.9. The maximum absolute atomic E-state index is 12.1. The van der Waals surface area contributed by atoms with Gasteiger partial charge in [0.05, 0.1) is 26.4 Å². The predicted molar refractivity (Wildman–Crippen MR) is 108 cm³/mol. The maximum atomic E-state index is 12.1. The van der Waals surface area contributed by atoms with Gasteiger partial charge < -0.3 is 5.32 Å². The van der Waals surface area contributed by atoms with Crippen LogP contribution in [-0.2, 0) is 11.2 Å². The number of thioether (sulfide) groups is 1. The van der Waals surface area contributed by atoms with Gasteiger partial charge in [-0.1, -0.05) is 59.2 Å². The molecule has 1 aliphatic heterocycles. The zero-order chi connectivity index (χ0) is 19.4. The van der Waals surface area contributed by atoms with Crippen LogP contribution < -0.4 is 5.32 Å². The highest BCUT2D eigenvalue weighted by Gasteiger charge is 2.31. The van der Waals surface area contributed by atoms with Crippen LogP contribution >= 0.6 is 35.0 Å². The molecule has 0 saturated carbocycles. The Morgan fingerprint density at radius 2 is 2.04 bits per heavy atom. The lowest BCUT2D eigenvalue weighted by Crippen LogP contribution is -2.26. The minimum absolute atomic E-state index is 0.0337. The van der Waals surface area contributed by atoms with Crippen molar-refractivity contribution >= 4 is 57.9 Å². The van der Waals surface area contributed by atoms with Gasteiger partial charge in [-0.15, -0.1) is 5.10 Å². The number of hydrogen-bond donors (Lipinski definition) is 1. The lowest BCUT2D eigenvalue weighted by Gasteiger charge is -2.08. The van der Waals surface area contributed by atoms with Crippen molar-refractivity contribution in [2.45, 2.75) is 11.7 Å². The van der Waals surface area contributed by atoms with Gasteiger partial charge in [0.25, 0.3) is 5.69 Å². The summed E-state index contributed by atoms with van der Waals surface area (Å²) in [5, 5.41) is 22.1. The van der Waals surface area contributed by atoms with E-state index in [9.17, 15) is 14.9 Å². The highest BCUT2D eigenvalue weighted by atomic mass is 35.5. The Labute approximate surface area is 168 Å². The van der Waals surface area contributed by atoms with E-state index in [4.69, 9.17) is 23.2 Å². The number of nitro groups is 1. The molecule has 3 rings (SSSR count). The average molecular weight is 423 g/mol. The number of nitrogens with one attached hydrogen (secondary N) is 1. The van der Waals surface area contributed by atoms with Crippen molar-refractivity contribution in [3.8, 4) is 0 Å². The summed E-state index contributed by atoms with van der Waals surface area (Å²) in [6, 6.07) is 11.3. The summed E-state index contributed by atoms with van der Waals surface area (Å²) in [6.45, 7) is 0. The number of amides is 1. The van der Waals surface area contributed by atoms with Crippen LogP contribution in [0.4, 0.5) is 5.69 Å². The number of halogens is 2. The first kappa shape index (κ1) is 19.3. The molecule has 1 amide bonds. The fraction of sp³-hybridized carbons (Fsp3) is 0.118. The zero-order valence-corrected chi connectivity index (χ0v) is 16.0. The molecule has 1 saturated heterocycles. The highest BCUT2D eigenvalue weighted by Crippen LogP contribution is 2.30. The van der Waals surface area contributed by atoms with Gasteiger partial charge >= 0.3 is 0 Å². The quantitative estimate of drug-likeness (QED) is 0.446. The number of nitrogens with zero attached hydrogens (tertiary/aromatic N) is 3. The molecule has 1 N–H and O–H groups in total. The van der Waals surface area contributed by atoms with Crippen molar-refractivity contribution in [3.05, 3.63) is 73.8 Å². The second-order valence-electron chi connectivity index (χ2n) is 5.51. The Balaban J connectivity index is 1.67. The zero-order valence-electron chi connectivity index (χ0n) is 13.6. The molecule has 1 atom stereocenters. The summed E-state index contributed by atoms with van der Waals surface area (Å²) in [5.74, 6) is -0.194. The number of nitro benzene ring substituents is 1. The van der Waals surface area contributed by atoms with Gasteiger partial charge in [0.15, 0.2) is 5.17 Å². The molecule has 1 fully saturated rings. The van der Waals surface area contributed by atoms with E-state index in [2.05, 4.69) is 15.5 Å². The fourth-order valence-corrected chi connectivity index (χ4v) is 3.71. The van der Waals surface area contributed by atoms with Crippen molar-refractivity contribution in [2.75, 3.05) is 0 Å². The van der Waals surface area contributed by atoms with E-state index in [1.54, 1.807) is 24.3 Å². The third-order valence-corrected chi connectivity index (χ3v) is 5.58. The molecule has 0 aliphatic carbocycles. The SMILES string of the molecule is O=C1N/C(=N/N=C\c2cccc([N+](=O)[O-])c2)S[C@H]1Cc1cccc(Cl)c1Cl. The van der Waals surface area contributed by atoms with E-state index in [1.165, 1.54) is 30.1 Å². The van der Waals surface area contributed by atoms with E-state index in [0.717, 1.165) is 5.56 Å². The van der Waals surface area contributed by atoms with Gasteiger partial charge in [0, 0.05) is 17.7 Å². The third-order valence-electron chi connectivity index (χ3n) is 3.65. The van der Waals surface area contributed by atoms with E-state index in [1.807, 2.05) is 6.07 Å². The molecule has 2 aromatic rings. The van der Waals surface area contributed by atoms with Crippen LogP contribution in [0.5, 0.6) is 0 Å². The minimum Gasteiger partial charge on any atom is -0.303 e. The fourth-order valence-electron chi connectivity index (χ4n) is 2.36. The largest absolute Gasteiger partial charge is 0.303 e. The lowest BCUT2D eigenvalue weighted by atomic mass is 10.1. The molecule has 1 aliphatic rings. The molecule has 2 aromatic carbocycles. The average Bonchev–Trinajstić information content (AvgIpc) is 2.98. The van der Waals surface area contributed by atoms with Crippen LogP contribution in [0.1, 0.15) is 11.1 Å². The van der Waals surface area contributed by atoms with Crippen LogP contribution in [0, 0.1) is 10.1 Å². The lowest BCUT2D eigenvalue weighted by molar-refractivity contribution is -0.384. The van der Waals surface area contributed by atoms with Gasteiger partial charge in [-0.05, 0) is 18.1 Å². The second kappa shape index (κ2) is 8.51. The number of rotatable bonds is 5. The Hall–Kier alpha value is -2.42. The first-order valence-electron chi connectivity index (χ1n) is 7.70. The molecule has 138 valence electrons. The predicted octanol–water partition coefficient (Wildman–Crippen LogP) is 4.07. The summed E-state index contributed by atoms with van der Waals surface area (Å²) in [7, 11) is 0. The van der Waals surface area contributed by atoms with Crippen molar-refractivity contribution < 1.29 is 9.72 Å². The number of carbonyl (C=O) groups is 1. The van der Waals surface area contributed by atoms with Gasteiger partial charge in [0.1, 0.15) is 0 Å². The molecule has 10 heteroatoms. The van der Waals surface area contributed by atoms with Crippen molar-refractivity contribution in [1.82, 2.24) is 5.32 Å². The number of benzene rings is 2. The minimum atomic E-state index is -0.484. The Kier molecular flexibility index (Phi) is 6.10. The van der Waals surface area contributed by atoms with E-state index in [0.29, 0.717) is 27.2 Å². The van der Waals surface area contributed by atoms with Gasteiger partial charge in [-0.3, -0.25) is 14.9 Å². The second-order valence-corrected chi connectivity index (χ2v) is 7.49. The molecule has 0 radical (unpaired) electrons. The molecular formula is C17H12Cl2N4O3S. The molecule has 7 nitrogen and oxygen atoms in total. The normalized spacial score (nSPS) is 18.2. The molecule has 27 heavy (non-hydrogen) atoms. The molecule has 0 unspecified atom stereocenters. The summed E-state index contributed by atoms with van der Waals surface area (Å²) >= 11 is 13.4. The molecule has 0 bridgehead atoms. The van der Waals surface area contributed by atoms with E-state index in [-0.39, 0.29) is 11.6 Å². The summed E-state index contributed by atoms with van der Waals surface area (Å²) in [6.07, 6.45) is 1.79. The molecule has 0 spiro atoms. The maximum Gasteiger partial charge on any atom is 0.270 e. The van der Waals surface area contributed by atoms with Crippen LogP contribution in [0.25, 0.3) is 0 Å². The molecule has 1 heterocycles. The molecular weight excluding hydrogens is 411 g/mol. The Morgan fingerprint density at radius 1 is 1.26 bits per heavy atom. The Morgan fingerprint density at radius 3 is 2.81 bits per heavy atom.